The number of benzene rings is 4. The average Bonchev–Trinajstić information content (AvgIpc) is 3.26. The number of rotatable bonds is 10. The molecule has 0 atom stereocenters. The standard InChI is InChI=1S/C32H27ClN4O4S/c33-26-8-4-5-9-27(26)34-32(41)36-35-29-25-20-24(42-19-17-22-10-12-23(13-11-22)31(39)40)14-15-28(25)37(30(29)38)18-16-21-6-2-1-3-7-21/h1-15,20H,16-19H2,(H,39,40)(H2,34,36,41)/b35-29-. The first kappa shape index (κ1) is 28.9. The topological polar surface area (TPSA) is 111 Å². The average molecular weight is 599 g/mol. The van der Waals surface area contributed by atoms with Crippen molar-refractivity contribution in [3.05, 3.63) is 124 Å². The zero-order valence-electron chi connectivity index (χ0n) is 22.4. The third kappa shape index (κ3) is 6.99. The van der Waals surface area contributed by atoms with Crippen LogP contribution in [0, 0.1) is 0 Å². The lowest BCUT2D eigenvalue weighted by atomic mass is 10.1. The maximum absolute atomic E-state index is 13.5. The molecule has 0 saturated heterocycles. The van der Waals surface area contributed by atoms with Crippen molar-refractivity contribution in [1.29, 1.82) is 0 Å². The summed E-state index contributed by atoms with van der Waals surface area (Å²) in [5.74, 6) is -0.489. The summed E-state index contributed by atoms with van der Waals surface area (Å²) in [4.78, 5) is 39.9. The molecule has 0 aliphatic carbocycles. The van der Waals surface area contributed by atoms with E-state index in [1.807, 2.05) is 60.7 Å². The molecule has 4 aromatic rings. The lowest BCUT2D eigenvalue weighted by Gasteiger charge is -2.17. The maximum Gasteiger partial charge on any atom is 0.339 e. The molecule has 0 bridgehead atoms. The van der Waals surface area contributed by atoms with Gasteiger partial charge in [0.2, 0.25) is 0 Å². The second kappa shape index (κ2) is 13.4. The van der Waals surface area contributed by atoms with Crippen LogP contribution in [0.4, 0.5) is 16.2 Å². The number of amides is 3. The number of nitrogens with zero attached hydrogens (tertiary/aromatic N) is 2. The molecule has 8 nitrogen and oxygen atoms in total. The van der Waals surface area contributed by atoms with Crippen molar-refractivity contribution in [3.63, 3.8) is 0 Å². The number of carbonyl (C=O) groups excluding carboxylic acids is 2. The van der Waals surface area contributed by atoms with E-state index in [1.54, 1.807) is 53.1 Å². The van der Waals surface area contributed by atoms with Crippen LogP contribution >= 0.6 is 23.4 Å². The Morgan fingerprint density at radius 3 is 2.33 bits per heavy atom. The van der Waals surface area contributed by atoms with Gasteiger partial charge in [-0.2, -0.15) is 5.10 Å². The first-order valence-corrected chi connectivity index (χ1v) is 14.6. The van der Waals surface area contributed by atoms with Crippen molar-refractivity contribution in [2.75, 3.05) is 22.5 Å². The molecule has 5 rings (SSSR count). The van der Waals surface area contributed by atoms with Crippen molar-refractivity contribution in [2.45, 2.75) is 17.7 Å². The summed E-state index contributed by atoms with van der Waals surface area (Å²) in [5.41, 5.74) is 6.80. The van der Waals surface area contributed by atoms with Gasteiger partial charge in [-0.3, -0.25) is 4.79 Å². The lowest BCUT2D eigenvalue weighted by molar-refractivity contribution is -0.112. The Balaban J connectivity index is 1.32. The van der Waals surface area contributed by atoms with Crippen molar-refractivity contribution in [3.8, 4) is 0 Å². The number of urea groups is 1. The number of aryl methyl sites for hydroxylation is 1. The molecule has 1 aliphatic heterocycles. The summed E-state index contributed by atoms with van der Waals surface area (Å²) in [7, 11) is 0. The van der Waals surface area contributed by atoms with E-state index >= 15 is 0 Å². The number of anilines is 2. The first-order chi connectivity index (χ1) is 20.4. The largest absolute Gasteiger partial charge is 0.478 e. The number of carboxylic acid groups (broad SMARTS) is 1. The Bertz CT molecular complexity index is 1640. The summed E-state index contributed by atoms with van der Waals surface area (Å²) in [5, 5.41) is 16.4. The van der Waals surface area contributed by atoms with Crippen LogP contribution in [-0.4, -0.2) is 41.0 Å². The fourth-order valence-corrected chi connectivity index (χ4v) is 5.64. The number of halogens is 1. The Kier molecular flexibility index (Phi) is 9.21. The highest BCUT2D eigenvalue weighted by molar-refractivity contribution is 7.99. The van der Waals surface area contributed by atoms with Gasteiger partial charge >= 0.3 is 12.0 Å². The fourth-order valence-electron chi connectivity index (χ4n) is 4.52. The van der Waals surface area contributed by atoms with Crippen molar-refractivity contribution in [2.24, 2.45) is 5.10 Å². The Hall–Kier alpha value is -4.60. The number of thioether (sulfide) groups is 1. The molecule has 42 heavy (non-hydrogen) atoms. The summed E-state index contributed by atoms with van der Waals surface area (Å²) >= 11 is 7.76. The summed E-state index contributed by atoms with van der Waals surface area (Å²) in [6.45, 7) is 0.458. The minimum atomic E-state index is -0.949. The molecule has 212 valence electrons. The van der Waals surface area contributed by atoms with Gasteiger partial charge in [-0.05, 0) is 66.4 Å². The van der Waals surface area contributed by atoms with Crippen LogP contribution in [0.1, 0.15) is 27.0 Å². The van der Waals surface area contributed by atoms with E-state index in [0.717, 1.165) is 33.9 Å². The van der Waals surface area contributed by atoms with Crippen LogP contribution in [0.15, 0.2) is 107 Å². The minimum absolute atomic E-state index is 0.152. The molecule has 1 heterocycles. The van der Waals surface area contributed by atoms with E-state index in [1.165, 1.54) is 0 Å². The van der Waals surface area contributed by atoms with Crippen LogP contribution in [-0.2, 0) is 17.6 Å². The predicted octanol–water partition coefficient (Wildman–Crippen LogP) is 6.49. The smallest absolute Gasteiger partial charge is 0.339 e. The quantitative estimate of drug-likeness (QED) is 0.143. The van der Waals surface area contributed by atoms with Crippen LogP contribution in [0.5, 0.6) is 0 Å². The second-order valence-electron chi connectivity index (χ2n) is 9.48. The van der Waals surface area contributed by atoms with E-state index in [-0.39, 0.29) is 17.2 Å². The molecule has 0 fully saturated rings. The maximum atomic E-state index is 13.5. The Morgan fingerprint density at radius 1 is 0.881 bits per heavy atom. The third-order valence-corrected chi connectivity index (χ3v) is 8.01. The molecule has 0 radical (unpaired) electrons. The third-order valence-electron chi connectivity index (χ3n) is 6.68. The van der Waals surface area contributed by atoms with E-state index in [9.17, 15) is 14.4 Å². The van der Waals surface area contributed by atoms with Gasteiger partial charge in [-0.1, -0.05) is 66.2 Å². The monoisotopic (exact) mass is 598 g/mol. The molecule has 1 aliphatic rings. The number of hydrogen-bond acceptors (Lipinski definition) is 5. The van der Waals surface area contributed by atoms with E-state index in [4.69, 9.17) is 16.7 Å². The number of para-hydroxylation sites is 1. The fraction of sp³-hybridized carbons (Fsp3) is 0.125. The first-order valence-electron chi connectivity index (χ1n) is 13.2. The molecular formula is C32H27ClN4O4S. The minimum Gasteiger partial charge on any atom is -0.478 e. The van der Waals surface area contributed by atoms with Crippen LogP contribution in [0.3, 0.4) is 0 Å². The molecule has 3 amide bonds. The van der Waals surface area contributed by atoms with Gasteiger partial charge in [0.1, 0.15) is 0 Å². The van der Waals surface area contributed by atoms with E-state index in [2.05, 4.69) is 15.8 Å². The molecule has 0 saturated carbocycles. The molecule has 0 aromatic heterocycles. The van der Waals surface area contributed by atoms with Gasteiger partial charge < -0.3 is 15.3 Å². The van der Waals surface area contributed by atoms with Crippen molar-refractivity contribution in [1.82, 2.24) is 5.43 Å². The second-order valence-corrected chi connectivity index (χ2v) is 11.1. The van der Waals surface area contributed by atoms with E-state index < -0.39 is 12.0 Å². The predicted molar refractivity (Wildman–Crippen MR) is 167 cm³/mol. The molecule has 0 spiro atoms. The Labute approximate surface area is 252 Å². The van der Waals surface area contributed by atoms with Gasteiger partial charge in [-0.25, -0.2) is 15.0 Å². The number of hydrogen-bond donors (Lipinski definition) is 3. The zero-order chi connectivity index (χ0) is 29.5. The molecule has 3 N–H and O–H groups in total. The normalized spacial score (nSPS) is 13.2. The van der Waals surface area contributed by atoms with Crippen molar-refractivity contribution >= 4 is 58.4 Å². The molecule has 4 aromatic carbocycles. The highest BCUT2D eigenvalue weighted by Crippen LogP contribution is 2.33. The SMILES string of the molecule is O=C(N/N=C1\C(=O)N(CCc2ccccc2)c2ccc(SCCc3ccc(C(=O)O)cc3)cc21)Nc1ccccc1Cl. The number of aromatic carboxylic acids is 1. The van der Waals surface area contributed by atoms with E-state index in [0.29, 0.717) is 29.2 Å². The number of carbonyl (C=O) groups is 3. The highest BCUT2D eigenvalue weighted by Gasteiger charge is 2.34. The van der Waals surface area contributed by atoms with Gasteiger partial charge in [0, 0.05) is 22.8 Å². The van der Waals surface area contributed by atoms with Gasteiger partial charge in [0.15, 0.2) is 5.71 Å². The van der Waals surface area contributed by atoms with Crippen LogP contribution in [0.2, 0.25) is 5.02 Å². The molecule has 10 heteroatoms. The number of carboxylic acids is 1. The van der Waals surface area contributed by atoms with Crippen molar-refractivity contribution < 1.29 is 19.5 Å². The summed E-state index contributed by atoms with van der Waals surface area (Å²) < 4.78 is 0. The van der Waals surface area contributed by atoms with Gasteiger partial charge in [0.05, 0.1) is 22.0 Å². The number of nitrogens with one attached hydrogen (secondary N) is 2. The summed E-state index contributed by atoms with van der Waals surface area (Å²) in [6, 6.07) is 28.8. The zero-order valence-corrected chi connectivity index (χ0v) is 24.0. The Morgan fingerprint density at radius 2 is 1.60 bits per heavy atom. The van der Waals surface area contributed by atoms with Gasteiger partial charge in [0.25, 0.3) is 5.91 Å². The van der Waals surface area contributed by atoms with Gasteiger partial charge in [-0.15, -0.1) is 11.8 Å². The van der Waals surface area contributed by atoms with Crippen LogP contribution in [0.25, 0.3) is 0 Å². The highest BCUT2D eigenvalue weighted by atomic mass is 35.5. The van der Waals surface area contributed by atoms with Crippen LogP contribution < -0.4 is 15.6 Å². The lowest BCUT2D eigenvalue weighted by Crippen LogP contribution is -2.34. The number of fused-ring (bicyclic) bond motifs is 1. The summed E-state index contributed by atoms with van der Waals surface area (Å²) in [6.07, 6.45) is 1.41. The number of hydrazone groups is 1. The molecule has 0 unspecified atom stereocenters. The molecular weight excluding hydrogens is 572 g/mol.